The van der Waals surface area contributed by atoms with Crippen molar-refractivity contribution in [3.8, 4) is 0 Å². The van der Waals surface area contributed by atoms with Crippen molar-refractivity contribution in [1.29, 1.82) is 0 Å². The fourth-order valence-electron chi connectivity index (χ4n) is 4.63. The molecule has 1 N–H and O–H groups in total. The third kappa shape index (κ3) is 1.46. The van der Waals surface area contributed by atoms with Gasteiger partial charge in [0.25, 0.3) is 0 Å². The Labute approximate surface area is 117 Å². The van der Waals surface area contributed by atoms with Gasteiger partial charge in [-0.3, -0.25) is 19.7 Å². The minimum Gasteiger partial charge on any atom is -0.343 e. The van der Waals surface area contributed by atoms with E-state index in [9.17, 15) is 14.4 Å². The molecule has 1 saturated carbocycles. The van der Waals surface area contributed by atoms with Gasteiger partial charge in [0.2, 0.25) is 17.7 Å². The summed E-state index contributed by atoms with van der Waals surface area (Å²) in [6.45, 7) is 1.67. The molecule has 0 radical (unpaired) electrons. The number of hydrogen-bond acceptors (Lipinski definition) is 3. The van der Waals surface area contributed by atoms with Crippen LogP contribution < -0.4 is 5.32 Å². The van der Waals surface area contributed by atoms with Gasteiger partial charge in [0.1, 0.15) is 0 Å². The number of allylic oxidation sites excluding steroid dienone is 2. The number of fused-ring (bicyclic) bond motifs is 5. The number of rotatable bonds is 2. The summed E-state index contributed by atoms with van der Waals surface area (Å²) in [6.07, 6.45) is 7.37. The van der Waals surface area contributed by atoms with Crippen LogP contribution >= 0.6 is 0 Å². The molecule has 5 nitrogen and oxygen atoms in total. The zero-order valence-electron chi connectivity index (χ0n) is 11.3. The highest BCUT2D eigenvalue weighted by atomic mass is 16.2. The third-order valence-corrected chi connectivity index (χ3v) is 5.50. The first-order chi connectivity index (χ1) is 9.61. The molecule has 4 atom stereocenters. The number of carbonyl (C=O) groups is 3. The summed E-state index contributed by atoms with van der Waals surface area (Å²) in [5.41, 5.74) is -0.411. The molecular formula is C15H18N2O3. The molecule has 2 heterocycles. The van der Waals surface area contributed by atoms with Crippen LogP contribution in [0.1, 0.15) is 25.7 Å². The second kappa shape index (κ2) is 3.93. The number of nitrogens with one attached hydrogen (secondary N) is 1. The van der Waals surface area contributed by atoms with Crippen LogP contribution in [0, 0.1) is 23.2 Å². The standard InChI is InChI=1S/C15H18N2O3/c18-10(17-5-1-2-6-17)8-15-4-3-9(7-15)11-12(15)14(20)16-13(11)19/h3-4,9,11-12H,1-2,5-8H2,(H,16,19,20)/t9-,11-,12+,15+/m0/s1. The van der Waals surface area contributed by atoms with Crippen molar-refractivity contribution in [3.63, 3.8) is 0 Å². The molecule has 5 heteroatoms. The van der Waals surface area contributed by atoms with Crippen molar-refractivity contribution in [2.24, 2.45) is 23.2 Å². The summed E-state index contributed by atoms with van der Waals surface area (Å²) in [4.78, 5) is 38.3. The monoisotopic (exact) mass is 274 g/mol. The maximum atomic E-state index is 12.4. The summed E-state index contributed by atoms with van der Waals surface area (Å²) in [6, 6.07) is 0. The molecule has 0 aromatic rings. The van der Waals surface area contributed by atoms with E-state index in [1.54, 1.807) is 0 Å². The SMILES string of the molecule is O=C1NC(=O)[C@H]2[C@@H]1[C@H]1C=C[C@]2(CC(=O)N2CCCC2)C1. The predicted molar refractivity (Wildman–Crippen MR) is 70.2 cm³/mol. The molecule has 2 bridgehead atoms. The molecule has 4 aliphatic rings. The predicted octanol–water partition coefficient (Wildman–Crippen LogP) is 0.464. The summed E-state index contributed by atoms with van der Waals surface area (Å²) in [5.74, 6) is -0.611. The van der Waals surface area contributed by atoms with E-state index in [1.807, 2.05) is 17.1 Å². The van der Waals surface area contributed by atoms with Gasteiger partial charge in [0.05, 0.1) is 11.8 Å². The van der Waals surface area contributed by atoms with Crippen LogP contribution in [0.5, 0.6) is 0 Å². The number of nitrogens with zero attached hydrogens (tertiary/aromatic N) is 1. The highest BCUT2D eigenvalue weighted by molar-refractivity contribution is 6.07. The van der Waals surface area contributed by atoms with Gasteiger partial charge in [0.15, 0.2) is 0 Å². The van der Waals surface area contributed by atoms with Crippen molar-refractivity contribution >= 4 is 17.7 Å². The zero-order valence-corrected chi connectivity index (χ0v) is 11.3. The molecule has 2 saturated heterocycles. The average molecular weight is 274 g/mol. The minimum absolute atomic E-state index is 0.137. The van der Waals surface area contributed by atoms with E-state index in [-0.39, 0.29) is 35.5 Å². The quantitative estimate of drug-likeness (QED) is 0.588. The van der Waals surface area contributed by atoms with Crippen molar-refractivity contribution in [3.05, 3.63) is 12.2 Å². The van der Waals surface area contributed by atoms with Crippen LogP contribution in [0.2, 0.25) is 0 Å². The number of imide groups is 1. The van der Waals surface area contributed by atoms with Gasteiger partial charge >= 0.3 is 0 Å². The molecule has 0 aromatic heterocycles. The molecule has 20 heavy (non-hydrogen) atoms. The molecule has 4 rings (SSSR count). The Kier molecular flexibility index (Phi) is 2.38. The van der Waals surface area contributed by atoms with Gasteiger partial charge in [-0.1, -0.05) is 12.2 Å². The summed E-state index contributed by atoms with van der Waals surface area (Å²) in [5, 5.41) is 2.44. The van der Waals surface area contributed by atoms with E-state index in [4.69, 9.17) is 0 Å². The van der Waals surface area contributed by atoms with Gasteiger partial charge in [-0.05, 0) is 25.2 Å². The van der Waals surface area contributed by atoms with Gasteiger partial charge < -0.3 is 4.90 Å². The number of likely N-dealkylation sites (tertiary alicyclic amines) is 1. The Morgan fingerprint density at radius 3 is 2.80 bits per heavy atom. The minimum atomic E-state index is -0.411. The lowest BCUT2D eigenvalue weighted by atomic mass is 9.72. The van der Waals surface area contributed by atoms with Crippen LogP contribution in [0.15, 0.2) is 12.2 Å². The summed E-state index contributed by atoms with van der Waals surface area (Å²) >= 11 is 0. The smallest absolute Gasteiger partial charge is 0.231 e. The highest BCUT2D eigenvalue weighted by Gasteiger charge is 2.64. The molecule has 0 aromatic carbocycles. The van der Waals surface area contributed by atoms with Crippen LogP contribution in [-0.4, -0.2) is 35.7 Å². The molecule has 2 aliphatic carbocycles. The van der Waals surface area contributed by atoms with Gasteiger partial charge in [0, 0.05) is 24.9 Å². The second-order valence-corrected chi connectivity index (χ2v) is 6.58. The van der Waals surface area contributed by atoms with E-state index in [1.165, 1.54) is 0 Å². The Bertz CT molecular complexity index is 535. The number of hydrogen-bond donors (Lipinski definition) is 1. The van der Waals surface area contributed by atoms with Crippen molar-refractivity contribution in [1.82, 2.24) is 10.2 Å². The Morgan fingerprint density at radius 2 is 2.05 bits per heavy atom. The largest absolute Gasteiger partial charge is 0.343 e. The fourth-order valence-corrected chi connectivity index (χ4v) is 4.63. The van der Waals surface area contributed by atoms with Crippen molar-refractivity contribution in [2.75, 3.05) is 13.1 Å². The average Bonchev–Trinajstić information content (AvgIpc) is 3.13. The van der Waals surface area contributed by atoms with E-state index < -0.39 is 5.41 Å². The van der Waals surface area contributed by atoms with Gasteiger partial charge in [-0.15, -0.1) is 0 Å². The van der Waals surface area contributed by atoms with Crippen LogP contribution in [-0.2, 0) is 14.4 Å². The number of carbonyl (C=O) groups excluding carboxylic acids is 3. The number of amides is 3. The molecule has 0 unspecified atom stereocenters. The molecule has 106 valence electrons. The lowest BCUT2D eigenvalue weighted by Crippen LogP contribution is -2.38. The van der Waals surface area contributed by atoms with E-state index in [2.05, 4.69) is 5.32 Å². The van der Waals surface area contributed by atoms with Crippen molar-refractivity contribution < 1.29 is 14.4 Å². The second-order valence-electron chi connectivity index (χ2n) is 6.58. The Morgan fingerprint density at radius 1 is 1.30 bits per heavy atom. The van der Waals surface area contributed by atoms with E-state index in [0.717, 1.165) is 32.4 Å². The molecule has 3 amide bonds. The summed E-state index contributed by atoms with van der Waals surface area (Å²) in [7, 11) is 0. The first kappa shape index (κ1) is 12.1. The fraction of sp³-hybridized carbons (Fsp3) is 0.667. The van der Waals surface area contributed by atoms with E-state index >= 15 is 0 Å². The Balaban J connectivity index is 1.60. The lowest BCUT2D eigenvalue weighted by molar-refractivity contribution is -0.133. The van der Waals surface area contributed by atoms with E-state index in [0.29, 0.717) is 6.42 Å². The topological polar surface area (TPSA) is 66.5 Å². The van der Waals surface area contributed by atoms with Crippen LogP contribution in [0.25, 0.3) is 0 Å². The van der Waals surface area contributed by atoms with Gasteiger partial charge in [-0.25, -0.2) is 0 Å². The highest BCUT2D eigenvalue weighted by Crippen LogP contribution is 2.60. The first-order valence-electron chi connectivity index (χ1n) is 7.43. The Hall–Kier alpha value is -1.65. The molecular weight excluding hydrogens is 256 g/mol. The van der Waals surface area contributed by atoms with Crippen molar-refractivity contribution in [2.45, 2.75) is 25.7 Å². The zero-order chi connectivity index (χ0) is 13.9. The van der Waals surface area contributed by atoms with Crippen LogP contribution in [0.4, 0.5) is 0 Å². The molecule has 3 fully saturated rings. The third-order valence-electron chi connectivity index (χ3n) is 5.50. The lowest BCUT2D eigenvalue weighted by Gasteiger charge is -2.31. The molecule has 2 aliphatic heterocycles. The van der Waals surface area contributed by atoms with Crippen LogP contribution in [0.3, 0.4) is 0 Å². The normalized spacial score (nSPS) is 41.4. The first-order valence-corrected chi connectivity index (χ1v) is 7.43. The maximum absolute atomic E-state index is 12.4. The maximum Gasteiger partial charge on any atom is 0.231 e. The molecule has 0 spiro atoms. The summed E-state index contributed by atoms with van der Waals surface area (Å²) < 4.78 is 0. The van der Waals surface area contributed by atoms with Gasteiger partial charge in [-0.2, -0.15) is 0 Å².